The van der Waals surface area contributed by atoms with Crippen LogP contribution in [0.5, 0.6) is 0 Å². The molecule has 2 saturated heterocycles. The predicted octanol–water partition coefficient (Wildman–Crippen LogP) is 0.478. The van der Waals surface area contributed by atoms with E-state index in [9.17, 15) is 0 Å². The second-order valence-electron chi connectivity index (χ2n) is 3.17. The fourth-order valence-corrected chi connectivity index (χ4v) is 1.85. The maximum atomic E-state index is 5.49. The van der Waals surface area contributed by atoms with Gasteiger partial charge in [-0.25, -0.2) is 0 Å². The summed E-state index contributed by atoms with van der Waals surface area (Å²) in [4.78, 5) is 2.42. The van der Waals surface area contributed by atoms with Gasteiger partial charge < -0.3 is 4.74 Å². The van der Waals surface area contributed by atoms with Crippen LogP contribution in [0.15, 0.2) is 0 Å². The van der Waals surface area contributed by atoms with Gasteiger partial charge >= 0.3 is 0 Å². The van der Waals surface area contributed by atoms with Crippen LogP contribution in [-0.4, -0.2) is 36.7 Å². The summed E-state index contributed by atoms with van der Waals surface area (Å²) >= 11 is 0. The summed E-state index contributed by atoms with van der Waals surface area (Å²) in [7, 11) is 2.19. The number of hydrogen-bond donors (Lipinski definition) is 0. The molecule has 2 fully saturated rings. The number of hydrogen-bond acceptors (Lipinski definition) is 2. The molecule has 0 aromatic rings. The molecule has 2 bridgehead atoms. The Morgan fingerprint density at radius 2 is 2.33 bits per heavy atom. The van der Waals surface area contributed by atoms with Crippen molar-refractivity contribution < 1.29 is 4.74 Å². The molecule has 0 radical (unpaired) electrons. The van der Waals surface area contributed by atoms with Crippen LogP contribution in [0.3, 0.4) is 0 Å². The minimum Gasteiger partial charge on any atom is -0.375 e. The molecule has 2 rings (SSSR count). The SMILES string of the molecule is CC1[C@H]2C[C@H](CO2)N1C. The van der Waals surface area contributed by atoms with Gasteiger partial charge in [-0.3, -0.25) is 4.90 Å². The maximum absolute atomic E-state index is 5.49. The van der Waals surface area contributed by atoms with Crippen LogP contribution in [0.25, 0.3) is 0 Å². The standard InChI is InChI=1S/C7H13NO/c1-5-7-3-6(4-9-7)8(5)2/h5-7H,3-4H2,1-2H3/t5?,6-,7-/m1/s1. The number of morpholine rings is 1. The van der Waals surface area contributed by atoms with Crippen molar-refractivity contribution in [3.05, 3.63) is 0 Å². The van der Waals surface area contributed by atoms with E-state index in [1.807, 2.05) is 0 Å². The Labute approximate surface area is 55.8 Å². The van der Waals surface area contributed by atoms with Crippen LogP contribution in [0, 0.1) is 0 Å². The van der Waals surface area contributed by atoms with Gasteiger partial charge in [0.1, 0.15) is 0 Å². The molecule has 9 heavy (non-hydrogen) atoms. The first-order valence-electron chi connectivity index (χ1n) is 3.62. The highest BCUT2D eigenvalue weighted by Crippen LogP contribution is 2.31. The minimum absolute atomic E-state index is 0.542. The summed E-state index contributed by atoms with van der Waals surface area (Å²) in [5.41, 5.74) is 0. The zero-order chi connectivity index (χ0) is 6.43. The lowest BCUT2D eigenvalue weighted by Crippen LogP contribution is -2.40. The van der Waals surface area contributed by atoms with E-state index >= 15 is 0 Å². The Morgan fingerprint density at radius 3 is 2.67 bits per heavy atom. The van der Waals surface area contributed by atoms with Crippen molar-refractivity contribution in [2.75, 3.05) is 13.7 Å². The molecule has 0 amide bonds. The molecule has 3 atom stereocenters. The predicted molar refractivity (Wildman–Crippen MR) is 35.4 cm³/mol. The lowest BCUT2D eigenvalue weighted by molar-refractivity contribution is 0.00432. The summed E-state index contributed by atoms with van der Waals surface area (Å²) in [5, 5.41) is 0. The van der Waals surface area contributed by atoms with Crippen LogP contribution in [0.2, 0.25) is 0 Å². The lowest BCUT2D eigenvalue weighted by atomic mass is 10.2. The Hall–Kier alpha value is -0.0800. The van der Waals surface area contributed by atoms with Gasteiger partial charge in [0.05, 0.1) is 12.7 Å². The van der Waals surface area contributed by atoms with Gasteiger partial charge in [0.2, 0.25) is 0 Å². The van der Waals surface area contributed by atoms with Gasteiger partial charge in [-0.05, 0) is 20.4 Å². The first kappa shape index (κ1) is 5.69. The summed E-state index contributed by atoms with van der Waals surface area (Å²) in [6.07, 6.45) is 1.80. The van der Waals surface area contributed by atoms with E-state index < -0.39 is 0 Å². The third kappa shape index (κ3) is 0.634. The van der Waals surface area contributed by atoms with Crippen LogP contribution in [0.1, 0.15) is 13.3 Å². The normalized spacial score (nSPS) is 50.7. The van der Waals surface area contributed by atoms with Crippen molar-refractivity contribution in [3.8, 4) is 0 Å². The van der Waals surface area contributed by atoms with E-state index in [4.69, 9.17) is 4.74 Å². The Balaban J connectivity index is 2.15. The van der Waals surface area contributed by atoms with Crippen LogP contribution in [-0.2, 0) is 4.74 Å². The Kier molecular flexibility index (Phi) is 1.08. The second-order valence-corrected chi connectivity index (χ2v) is 3.17. The van der Waals surface area contributed by atoms with Crippen LogP contribution < -0.4 is 0 Å². The van der Waals surface area contributed by atoms with Crippen molar-refractivity contribution in [1.82, 2.24) is 4.90 Å². The van der Waals surface area contributed by atoms with E-state index in [1.54, 1.807) is 0 Å². The number of likely N-dealkylation sites (N-methyl/N-ethyl adjacent to an activating group) is 1. The molecule has 0 aromatic heterocycles. The molecule has 52 valence electrons. The molecule has 1 unspecified atom stereocenters. The first-order chi connectivity index (χ1) is 4.29. The maximum Gasteiger partial charge on any atom is 0.0744 e. The number of likely N-dealkylation sites (tertiary alicyclic amines) is 1. The fraction of sp³-hybridized carbons (Fsp3) is 1.00. The third-order valence-corrected chi connectivity index (χ3v) is 2.76. The summed E-state index contributed by atoms with van der Waals surface area (Å²) in [6, 6.07) is 1.38. The summed E-state index contributed by atoms with van der Waals surface area (Å²) in [6.45, 7) is 3.20. The molecule has 0 aliphatic carbocycles. The highest BCUT2D eigenvalue weighted by Gasteiger charge is 2.42. The molecular weight excluding hydrogens is 114 g/mol. The molecule has 0 N–H and O–H groups in total. The van der Waals surface area contributed by atoms with Gasteiger partial charge in [0.15, 0.2) is 0 Å². The quantitative estimate of drug-likeness (QED) is 0.469. The zero-order valence-corrected chi connectivity index (χ0v) is 6.00. The lowest BCUT2D eigenvalue weighted by Gasteiger charge is -2.28. The van der Waals surface area contributed by atoms with Crippen molar-refractivity contribution in [3.63, 3.8) is 0 Å². The van der Waals surface area contributed by atoms with Crippen LogP contribution >= 0.6 is 0 Å². The van der Waals surface area contributed by atoms with E-state index in [-0.39, 0.29) is 0 Å². The van der Waals surface area contributed by atoms with E-state index in [0.717, 1.165) is 12.6 Å². The zero-order valence-electron chi connectivity index (χ0n) is 6.00. The highest BCUT2D eigenvalue weighted by atomic mass is 16.5. The van der Waals surface area contributed by atoms with Crippen molar-refractivity contribution in [2.45, 2.75) is 31.5 Å². The molecule has 0 spiro atoms. The van der Waals surface area contributed by atoms with Gasteiger partial charge in [-0.15, -0.1) is 0 Å². The van der Waals surface area contributed by atoms with Crippen molar-refractivity contribution in [2.24, 2.45) is 0 Å². The van der Waals surface area contributed by atoms with Gasteiger partial charge in [0, 0.05) is 12.1 Å². The average molecular weight is 127 g/mol. The number of rotatable bonds is 0. The average Bonchev–Trinajstić information content (AvgIpc) is 2.37. The number of nitrogens with zero attached hydrogens (tertiary/aromatic N) is 1. The van der Waals surface area contributed by atoms with E-state index in [1.165, 1.54) is 6.42 Å². The molecule has 2 nitrogen and oxygen atoms in total. The highest BCUT2D eigenvalue weighted by molar-refractivity contribution is 4.95. The molecule has 0 aromatic carbocycles. The molecule has 2 aliphatic rings. The smallest absolute Gasteiger partial charge is 0.0744 e. The fourth-order valence-electron chi connectivity index (χ4n) is 1.85. The van der Waals surface area contributed by atoms with E-state index in [2.05, 4.69) is 18.9 Å². The Bertz CT molecular complexity index is 108. The largest absolute Gasteiger partial charge is 0.375 e. The molecule has 2 aliphatic heterocycles. The van der Waals surface area contributed by atoms with Crippen LogP contribution in [0.4, 0.5) is 0 Å². The first-order valence-corrected chi connectivity index (χ1v) is 3.62. The van der Waals surface area contributed by atoms with Gasteiger partial charge in [-0.1, -0.05) is 0 Å². The van der Waals surface area contributed by atoms with Gasteiger partial charge in [0.25, 0.3) is 0 Å². The minimum atomic E-state index is 0.542. The Morgan fingerprint density at radius 1 is 1.56 bits per heavy atom. The molecule has 2 heteroatoms. The summed E-state index contributed by atoms with van der Waals surface area (Å²) < 4.78 is 5.49. The van der Waals surface area contributed by atoms with Crippen molar-refractivity contribution >= 4 is 0 Å². The topological polar surface area (TPSA) is 12.5 Å². The second kappa shape index (κ2) is 1.70. The number of ether oxygens (including phenoxy) is 1. The molecular formula is C7H13NO. The molecule has 0 saturated carbocycles. The monoisotopic (exact) mass is 127 g/mol. The van der Waals surface area contributed by atoms with Crippen molar-refractivity contribution in [1.29, 1.82) is 0 Å². The number of fused-ring (bicyclic) bond motifs is 2. The molecule has 2 heterocycles. The van der Waals surface area contributed by atoms with Gasteiger partial charge in [-0.2, -0.15) is 0 Å². The third-order valence-electron chi connectivity index (χ3n) is 2.76. The summed E-state index contributed by atoms with van der Waals surface area (Å²) in [5.74, 6) is 0. The van der Waals surface area contributed by atoms with E-state index in [0.29, 0.717) is 12.1 Å².